The first-order valence-electron chi connectivity index (χ1n) is 7.75. The van der Waals surface area contributed by atoms with Crippen molar-refractivity contribution in [1.29, 1.82) is 0 Å². The molecule has 8 heteroatoms. The Labute approximate surface area is 156 Å². The van der Waals surface area contributed by atoms with E-state index in [0.29, 0.717) is 22.3 Å². The number of nitrogens with one attached hydrogen (secondary N) is 2. The van der Waals surface area contributed by atoms with Crippen molar-refractivity contribution in [2.75, 3.05) is 13.7 Å². The molecule has 2 amide bonds. The summed E-state index contributed by atoms with van der Waals surface area (Å²) in [5.41, 5.74) is 4.54. The molecule has 0 radical (unpaired) electrons. The third-order valence-corrected chi connectivity index (χ3v) is 3.50. The van der Waals surface area contributed by atoms with Crippen molar-refractivity contribution in [2.24, 2.45) is 0 Å². The molecule has 0 saturated heterocycles. The van der Waals surface area contributed by atoms with Crippen LogP contribution in [0.2, 0.25) is 5.02 Å². The summed E-state index contributed by atoms with van der Waals surface area (Å²) in [6.45, 7) is 1.31. The lowest BCUT2D eigenvalue weighted by atomic mass is 10.3. The Hall–Kier alpha value is -2.93. The smallest absolute Gasteiger partial charge is 0.279 e. The van der Waals surface area contributed by atoms with E-state index in [0.717, 1.165) is 0 Å². The quantitative estimate of drug-likeness (QED) is 0.722. The molecule has 0 unspecified atom stereocenters. The molecular weight excluding hydrogens is 360 g/mol. The summed E-state index contributed by atoms with van der Waals surface area (Å²) >= 11 is 5.78. The van der Waals surface area contributed by atoms with Gasteiger partial charge in [0.1, 0.15) is 17.2 Å². The summed E-state index contributed by atoms with van der Waals surface area (Å²) in [4.78, 5) is 23.7. The van der Waals surface area contributed by atoms with E-state index in [2.05, 4.69) is 10.9 Å². The van der Waals surface area contributed by atoms with Crippen LogP contribution in [-0.4, -0.2) is 31.6 Å². The van der Waals surface area contributed by atoms with Crippen LogP contribution in [0.3, 0.4) is 0 Å². The number of carbonyl (C=O) groups is 2. The van der Waals surface area contributed by atoms with Gasteiger partial charge in [-0.2, -0.15) is 0 Å². The first-order valence-corrected chi connectivity index (χ1v) is 8.13. The largest absolute Gasteiger partial charge is 0.497 e. The first kappa shape index (κ1) is 19.4. The molecule has 2 aromatic rings. The van der Waals surface area contributed by atoms with Crippen molar-refractivity contribution in [3.63, 3.8) is 0 Å². The lowest BCUT2D eigenvalue weighted by molar-refractivity contribution is -0.133. The molecule has 0 aromatic heterocycles. The SMILES string of the molecule is COc1ccc(OCC(=O)NNC(=O)[C@H](C)Oc2ccc(Cl)cc2)cc1. The van der Waals surface area contributed by atoms with Crippen LogP contribution >= 0.6 is 11.6 Å². The van der Waals surface area contributed by atoms with E-state index in [1.807, 2.05) is 0 Å². The monoisotopic (exact) mass is 378 g/mol. The molecule has 2 aromatic carbocycles. The minimum atomic E-state index is -0.806. The van der Waals surface area contributed by atoms with Crippen LogP contribution in [0.25, 0.3) is 0 Å². The Morgan fingerprint density at radius 2 is 1.54 bits per heavy atom. The van der Waals surface area contributed by atoms with Crippen LogP contribution in [0.4, 0.5) is 0 Å². The molecule has 2 N–H and O–H groups in total. The molecule has 0 spiro atoms. The molecule has 0 fully saturated rings. The van der Waals surface area contributed by atoms with Crippen LogP contribution in [0.5, 0.6) is 17.2 Å². The maximum absolute atomic E-state index is 11.9. The Balaban J connectivity index is 1.71. The molecule has 0 bridgehead atoms. The number of hydrogen-bond acceptors (Lipinski definition) is 5. The van der Waals surface area contributed by atoms with E-state index in [9.17, 15) is 9.59 Å². The summed E-state index contributed by atoms with van der Waals surface area (Å²) < 4.78 is 15.8. The van der Waals surface area contributed by atoms with Crippen molar-refractivity contribution in [3.8, 4) is 17.2 Å². The molecule has 1 atom stereocenters. The number of methoxy groups -OCH3 is 1. The minimum absolute atomic E-state index is 0.251. The molecule has 0 aliphatic carbocycles. The summed E-state index contributed by atoms with van der Waals surface area (Å²) in [6.07, 6.45) is -0.806. The van der Waals surface area contributed by atoms with Gasteiger partial charge >= 0.3 is 0 Å². The van der Waals surface area contributed by atoms with Crippen molar-refractivity contribution in [2.45, 2.75) is 13.0 Å². The topological polar surface area (TPSA) is 85.9 Å². The van der Waals surface area contributed by atoms with Crippen LogP contribution < -0.4 is 25.1 Å². The van der Waals surface area contributed by atoms with E-state index >= 15 is 0 Å². The highest BCUT2D eigenvalue weighted by Gasteiger charge is 2.15. The average Bonchev–Trinajstić information content (AvgIpc) is 2.66. The van der Waals surface area contributed by atoms with Crippen LogP contribution in [0.1, 0.15) is 6.92 Å². The van der Waals surface area contributed by atoms with Gasteiger partial charge in [0.05, 0.1) is 7.11 Å². The number of hydrazine groups is 1. The zero-order chi connectivity index (χ0) is 18.9. The van der Waals surface area contributed by atoms with Gasteiger partial charge < -0.3 is 14.2 Å². The number of hydrogen-bond donors (Lipinski definition) is 2. The molecule has 0 aliphatic rings. The van der Waals surface area contributed by atoms with Crippen molar-refractivity contribution in [3.05, 3.63) is 53.6 Å². The van der Waals surface area contributed by atoms with Gasteiger partial charge in [-0.3, -0.25) is 20.4 Å². The minimum Gasteiger partial charge on any atom is -0.497 e. The molecule has 0 heterocycles. The fraction of sp³-hybridized carbons (Fsp3) is 0.222. The second-order valence-electron chi connectivity index (χ2n) is 5.22. The van der Waals surface area contributed by atoms with Crippen LogP contribution in [-0.2, 0) is 9.59 Å². The molecular formula is C18H19ClN2O5. The standard InChI is InChI=1S/C18H19ClN2O5/c1-12(26-16-5-3-13(19)4-6-16)18(23)21-20-17(22)11-25-15-9-7-14(24-2)8-10-15/h3-10,12H,11H2,1-2H3,(H,20,22)(H,21,23)/t12-/m0/s1. The van der Waals surface area contributed by atoms with Gasteiger partial charge in [0.25, 0.3) is 11.8 Å². The Morgan fingerprint density at radius 3 is 2.15 bits per heavy atom. The van der Waals surface area contributed by atoms with E-state index < -0.39 is 17.9 Å². The van der Waals surface area contributed by atoms with Crippen molar-refractivity contribution >= 4 is 23.4 Å². The third-order valence-electron chi connectivity index (χ3n) is 3.25. The normalized spacial score (nSPS) is 11.2. The highest BCUT2D eigenvalue weighted by Crippen LogP contribution is 2.17. The zero-order valence-electron chi connectivity index (χ0n) is 14.3. The molecule has 0 aliphatic heterocycles. The fourth-order valence-electron chi connectivity index (χ4n) is 1.86. The van der Waals surface area contributed by atoms with Gasteiger partial charge in [-0.1, -0.05) is 11.6 Å². The van der Waals surface area contributed by atoms with Gasteiger partial charge in [-0.05, 0) is 55.5 Å². The lowest BCUT2D eigenvalue weighted by Gasteiger charge is -2.15. The Kier molecular flexibility index (Phi) is 7.11. The maximum atomic E-state index is 11.9. The zero-order valence-corrected chi connectivity index (χ0v) is 15.1. The number of amides is 2. The second-order valence-corrected chi connectivity index (χ2v) is 5.65. The summed E-state index contributed by atoms with van der Waals surface area (Å²) in [5.74, 6) is 0.673. The predicted octanol–water partition coefficient (Wildman–Crippen LogP) is 2.34. The second kappa shape index (κ2) is 9.53. The summed E-state index contributed by atoms with van der Waals surface area (Å²) in [6, 6.07) is 13.4. The molecule has 138 valence electrons. The van der Waals surface area contributed by atoms with E-state index in [1.54, 1.807) is 62.6 Å². The molecule has 0 saturated carbocycles. The first-order chi connectivity index (χ1) is 12.5. The Bertz CT molecular complexity index is 734. The number of halogens is 1. The Morgan fingerprint density at radius 1 is 0.962 bits per heavy atom. The van der Waals surface area contributed by atoms with E-state index in [-0.39, 0.29) is 6.61 Å². The predicted molar refractivity (Wildman–Crippen MR) is 96.3 cm³/mol. The highest BCUT2D eigenvalue weighted by atomic mass is 35.5. The van der Waals surface area contributed by atoms with Gasteiger partial charge in [-0.15, -0.1) is 0 Å². The van der Waals surface area contributed by atoms with Gasteiger partial charge in [0.2, 0.25) is 0 Å². The molecule has 7 nitrogen and oxygen atoms in total. The molecule has 2 rings (SSSR count). The fourth-order valence-corrected chi connectivity index (χ4v) is 1.99. The third kappa shape index (κ3) is 6.18. The number of ether oxygens (including phenoxy) is 3. The number of carbonyl (C=O) groups excluding carboxylic acids is 2. The number of benzene rings is 2. The summed E-state index contributed by atoms with van der Waals surface area (Å²) in [5, 5.41) is 0.568. The van der Waals surface area contributed by atoms with Crippen LogP contribution in [0, 0.1) is 0 Å². The van der Waals surface area contributed by atoms with E-state index in [4.69, 9.17) is 25.8 Å². The van der Waals surface area contributed by atoms with Crippen molar-refractivity contribution < 1.29 is 23.8 Å². The lowest BCUT2D eigenvalue weighted by Crippen LogP contribution is -2.48. The number of rotatable bonds is 7. The van der Waals surface area contributed by atoms with E-state index in [1.165, 1.54) is 0 Å². The average molecular weight is 379 g/mol. The molecule has 26 heavy (non-hydrogen) atoms. The van der Waals surface area contributed by atoms with Gasteiger partial charge in [-0.25, -0.2) is 0 Å². The van der Waals surface area contributed by atoms with Crippen molar-refractivity contribution in [1.82, 2.24) is 10.9 Å². The highest BCUT2D eigenvalue weighted by molar-refractivity contribution is 6.30. The van der Waals surface area contributed by atoms with Gasteiger partial charge in [0.15, 0.2) is 12.7 Å². The van der Waals surface area contributed by atoms with Crippen LogP contribution in [0.15, 0.2) is 48.5 Å². The summed E-state index contributed by atoms with van der Waals surface area (Å²) in [7, 11) is 1.56. The van der Waals surface area contributed by atoms with Gasteiger partial charge in [0, 0.05) is 5.02 Å². The maximum Gasteiger partial charge on any atom is 0.279 e.